The Morgan fingerprint density at radius 1 is 1.14 bits per heavy atom. The lowest BCUT2D eigenvalue weighted by Crippen LogP contribution is -2.07. The van der Waals surface area contributed by atoms with E-state index in [4.69, 9.17) is 9.47 Å². The van der Waals surface area contributed by atoms with E-state index in [1.807, 2.05) is 24.3 Å². The van der Waals surface area contributed by atoms with E-state index < -0.39 is 0 Å². The first-order chi connectivity index (χ1) is 10.3. The zero-order chi connectivity index (χ0) is 14.7. The molecule has 1 heterocycles. The Labute approximate surface area is 124 Å². The molecule has 106 valence electrons. The van der Waals surface area contributed by atoms with E-state index in [0.29, 0.717) is 22.9 Å². The van der Waals surface area contributed by atoms with Gasteiger partial charge in [0.1, 0.15) is 11.6 Å². The summed E-state index contributed by atoms with van der Waals surface area (Å²) < 4.78 is 11.1. The second-order valence-corrected chi connectivity index (χ2v) is 5.02. The highest BCUT2D eigenvalue weighted by Crippen LogP contribution is 2.33. The zero-order valence-corrected chi connectivity index (χ0v) is 11.9. The largest absolute Gasteiger partial charge is 0.493 e. The molecule has 0 saturated carbocycles. The highest BCUT2D eigenvalue weighted by Gasteiger charge is 2.17. The van der Waals surface area contributed by atoms with Crippen LogP contribution in [-0.2, 0) is 12.8 Å². The number of pyridine rings is 1. The van der Waals surface area contributed by atoms with Crippen LogP contribution < -0.4 is 9.47 Å². The fourth-order valence-corrected chi connectivity index (χ4v) is 2.58. The molecule has 0 amide bonds. The third-order valence-electron chi connectivity index (χ3n) is 3.66. The molecule has 0 atom stereocenters. The number of para-hydroxylation sites is 2. The van der Waals surface area contributed by atoms with Crippen LogP contribution in [0, 0.1) is 11.3 Å². The summed E-state index contributed by atoms with van der Waals surface area (Å²) in [5.41, 5.74) is 2.69. The fourth-order valence-electron chi connectivity index (χ4n) is 2.58. The van der Waals surface area contributed by atoms with Gasteiger partial charge in [0.25, 0.3) is 0 Å². The minimum Gasteiger partial charge on any atom is -0.493 e. The number of ether oxygens (including phenoxy) is 2. The van der Waals surface area contributed by atoms with Gasteiger partial charge in [-0.25, -0.2) is 4.98 Å². The van der Waals surface area contributed by atoms with Crippen LogP contribution in [-0.4, -0.2) is 12.1 Å². The Morgan fingerprint density at radius 3 is 2.67 bits per heavy atom. The Kier molecular flexibility index (Phi) is 3.74. The molecular weight excluding hydrogens is 264 g/mol. The van der Waals surface area contributed by atoms with Gasteiger partial charge < -0.3 is 9.47 Å². The van der Waals surface area contributed by atoms with Crippen LogP contribution in [0.15, 0.2) is 30.3 Å². The van der Waals surface area contributed by atoms with E-state index in [1.165, 1.54) is 5.56 Å². The molecule has 4 nitrogen and oxygen atoms in total. The summed E-state index contributed by atoms with van der Waals surface area (Å²) in [5, 5.41) is 9.32. The molecule has 0 fully saturated rings. The van der Waals surface area contributed by atoms with Gasteiger partial charge in [0.2, 0.25) is 5.88 Å². The zero-order valence-electron chi connectivity index (χ0n) is 11.9. The van der Waals surface area contributed by atoms with Gasteiger partial charge in [-0.15, -0.1) is 0 Å². The van der Waals surface area contributed by atoms with Gasteiger partial charge in [-0.2, -0.15) is 5.26 Å². The maximum Gasteiger partial charge on any atom is 0.237 e. The standard InChI is InChI=1S/C17H16N2O2/c1-20-15-8-4-5-9-16(15)21-17-13(11-18)10-12-6-2-3-7-14(12)19-17/h4-5,8-10H,2-3,6-7H2,1H3. The minimum absolute atomic E-state index is 0.364. The summed E-state index contributed by atoms with van der Waals surface area (Å²) in [6, 6.07) is 11.4. The van der Waals surface area contributed by atoms with Crippen LogP contribution >= 0.6 is 0 Å². The van der Waals surface area contributed by atoms with Crippen molar-refractivity contribution in [2.24, 2.45) is 0 Å². The normalized spacial score (nSPS) is 13.1. The number of benzene rings is 1. The van der Waals surface area contributed by atoms with E-state index in [9.17, 15) is 5.26 Å². The van der Waals surface area contributed by atoms with Crippen LogP contribution in [0.1, 0.15) is 29.7 Å². The van der Waals surface area contributed by atoms with E-state index in [-0.39, 0.29) is 0 Å². The van der Waals surface area contributed by atoms with Gasteiger partial charge in [0.15, 0.2) is 11.5 Å². The lowest BCUT2D eigenvalue weighted by atomic mass is 9.95. The molecular formula is C17H16N2O2. The Bertz CT molecular complexity index is 704. The lowest BCUT2D eigenvalue weighted by molar-refractivity contribution is 0.373. The molecule has 0 N–H and O–H groups in total. The fraction of sp³-hybridized carbons (Fsp3) is 0.294. The van der Waals surface area contributed by atoms with Gasteiger partial charge in [0, 0.05) is 5.69 Å². The van der Waals surface area contributed by atoms with Crippen molar-refractivity contribution >= 4 is 0 Å². The number of nitriles is 1. The molecule has 0 unspecified atom stereocenters. The molecule has 4 heteroatoms. The summed E-state index contributed by atoms with van der Waals surface area (Å²) in [6.45, 7) is 0. The number of fused-ring (bicyclic) bond motifs is 1. The summed E-state index contributed by atoms with van der Waals surface area (Å²) in [4.78, 5) is 4.55. The third-order valence-corrected chi connectivity index (χ3v) is 3.66. The highest BCUT2D eigenvalue weighted by atomic mass is 16.5. The summed E-state index contributed by atoms with van der Waals surface area (Å²) in [5.74, 6) is 1.56. The highest BCUT2D eigenvalue weighted by molar-refractivity contribution is 5.48. The van der Waals surface area contributed by atoms with Gasteiger partial charge in [-0.05, 0) is 49.4 Å². The lowest BCUT2D eigenvalue weighted by Gasteiger charge is -2.17. The van der Waals surface area contributed by atoms with Crippen LogP contribution in [0.3, 0.4) is 0 Å². The second kappa shape index (κ2) is 5.84. The summed E-state index contributed by atoms with van der Waals surface area (Å²) in [6.07, 6.45) is 4.24. The summed E-state index contributed by atoms with van der Waals surface area (Å²) >= 11 is 0. The average molecular weight is 280 g/mol. The van der Waals surface area contributed by atoms with Crippen LogP contribution in [0.5, 0.6) is 17.4 Å². The van der Waals surface area contributed by atoms with E-state index in [2.05, 4.69) is 11.1 Å². The number of rotatable bonds is 3. The molecule has 1 aliphatic carbocycles. The first kappa shape index (κ1) is 13.4. The van der Waals surface area contributed by atoms with Crippen molar-refractivity contribution in [1.82, 2.24) is 4.98 Å². The van der Waals surface area contributed by atoms with E-state index in [0.717, 1.165) is 31.4 Å². The maximum absolute atomic E-state index is 9.32. The minimum atomic E-state index is 0.364. The van der Waals surface area contributed by atoms with Crippen molar-refractivity contribution in [1.29, 1.82) is 5.26 Å². The summed E-state index contributed by atoms with van der Waals surface area (Å²) in [7, 11) is 1.59. The van der Waals surface area contributed by atoms with Crippen molar-refractivity contribution in [2.75, 3.05) is 7.11 Å². The van der Waals surface area contributed by atoms with Crippen molar-refractivity contribution in [3.8, 4) is 23.4 Å². The first-order valence-corrected chi connectivity index (χ1v) is 7.05. The molecule has 1 aliphatic rings. The molecule has 0 saturated heterocycles. The molecule has 1 aromatic heterocycles. The molecule has 0 aliphatic heterocycles. The quantitative estimate of drug-likeness (QED) is 0.861. The number of hydrogen-bond donors (Lipinski definition) is 0. The molecule has 0 spiro atoms. The maximum atomic E-state index is 9.32. The number of nitrogens with zero attached hydrogens (tertiary/aromatic N) is 2. The number of hydrogen-bond acceptors (Lipinski definition) is 4. The predicted molar refractivity (Wildman–Crippen MR) is 78.7 cm³/mol. The van der Waals surface area contributed by atoms with Crippen molar-refractivity contribution in [3.05, 3.63) is 47.2 Å². The SMILES string of the molecule is COc1ccccc1Oc1nc2c(cc1C#N)CCCC2. The van der Waals surface area contributed by atoms with Gasteiger partial charge in [-0.3, -0.25) is 0 Å². The first-order valence-electron chi connectivity index (χ1n) is 7.05. The number of methoxy groups -OCH3 is 1. The molecule has 0 radical (unpaired) electrons. The average Bonchev–Trinajstić information content (AvgIpc) is 2.54. The van der Waals surface area contributed by atoms with Crippen LogP contribution in [0.4, 0.5) is 0 Å². The molecule has 0 bridgehead atoms. The van der Waals surface area contributed by atoms with Crippen molar-refractivity contribution in [3.63, 3.8) is 0 Å². The Hall–Kier alpha value is -2.54. The number of aromatic nitrogens is 1. The van der Waals surface area contributed by atoms with Crippen LogP contribution in [0.25, 0.3) is 0 Å². The topological polar surface area (TPSA) is 55.1 Å². The van der Waals surface area contributed by atoms with Crippen molar-refractivity contribution in [2.45, 2.75) is 25.7 Å². The number of aryl methyl sites for hydroxylation is 2. The van der Waals surface area contributed by atoms with E-state index >= 15 is 0 Å². The monoisotopic (exact) mass is 280 g/mol. The van der Waals surface area contributed by atoms with Crippen LogP contribution in [0.2, 0.25) is 0 Å². The second-order valence-electron chi connectivity index (χ2n) is 5.02. The Balaban J connectivity index is 2.00. The third kappa shape index (κ3) is 2.68. The van der Waals surface area contributed by atoms with Gasteiger partial charge >= 0.3 is 0 Å². The van der Waals surface area contributed by atoms with Crippen molar-refractivity contribution < 1.29 is 9.47 Å². The Morgan fingerprint density at radius 2 is 1.90 bits per heavy atom. The van der Waals surface area contributed by atoms with Gasteiger partial charge in [0.05, 0.1) is 7.11 Å². The molecule has 2 aromatic rings. The molecule has 3 rings (SSSR count). The van der Waals surface area contributed by atoms with E-state index in [1.54, 1.807) is 13.2 Å². The van der Waals surface area contributed by atoms with Gasteiger partial charge in [-0.1, -0.05) is 12.1 Å². The smallest absolute Gasteiger partial charge is 0.237 e. The molecule has 21 heavy (non-hydrogen) atoms. The molecule has 1 aromatic carbocycles. The predicted octanol–water partition coefficient (Wildman–Crippen LogP) is 3.63.